The molecule has 196 valence electrons. The predicted octanol–water partition coefficient (Wildman–Crippen LogP) is 4.93. The first-order valence-corrected chi connectivity index (χ1v) is 13.5. The van der Waals surface area contributed by atoms with Crippen molar-refractivity contribution in [1.82, 2.24) is 24.8 Å². The summed E-state index contributed by atoms with van der Waals surface area (Å²) in [5, 5.41) is 4.31. The zero-order chi connectivity index (χ0) is 26.7. The van der Waals surface area contributed by atoms with E-state index in [2.05, 4.69) is 50.0 Å². The van der Waals surface area contributed by atoms with Crippen molar-refractivity contribution in [3.63, 3.8) is 0 Å². The average molecular weight is 519 g/mol. The zero-order valence-corrected chi connectivity index (χ0v) is 22.0. The van der Waals surface area contributed by atoms with Crippen LogP contribution < -0.4 is 10.2 Å². The van der Waals surface area contributed by atoms with Gasteiger partial charge in [-0.3, -0.25) is 9.59 Å². The number of carbonyl (C=O) groups excluding carboxylic acids is 2. The second kappa shape index (κ2) is 9.01. The fraction of sp³-hybridized carbons (Fsp3) is 0.258. The topological polar surface area (TPSA) is 86.3 Å². The molecule has 2 aliphatic heterocycles. The lowest BCUT2D eigenvalue weighted by Gasteiger charge is -2.46. The number of hydrogen-bond acceptors (Lipinski definition) is 4. The monoisotopic (exact) mass is 518 g/mol. The summed E-state index contributed by atoms with van der Waals surface area (Å²) in [5.74, 6) is 0.763. The number of aromatic nitrogens is 3. The highest BCUT2D eigenvalue weighted by Gasteiger charge is 2.42. The summed E-state index contributed by atoms with van der Waals surface area (Å²) in [7, 11) is 2.06. The van der Waals surface area contributed by atoms with E-state index in [0.29, 0.717) is 19.5 Å². The van der Waals surface area contributed by atoms with Crippen LogP contribution in [0.15, 0.2) is 72.8 Å². The SMILES string of the molecule is CC(NC(=O)CCn1c2c(c3ccccc31)CCN1C(=O)c3ccccc3N(C)C21)c1nc2ccccc2[nH]1. The summed E-state index contributed by atoms with van der Waals surface area (Å²) in [6, 6.07) is 23.8. The van der Waals surface area contributed by atoms with Crippen LogP contribution in [-0.2, 0) is 17.8 Å². The number of nitrogens with zero attached hydrogens (tertiary/aromatic N) is 4. The lowest BCUT2D eigenvalue weighted by Crippen LogP contribution is -2.51. The summed E-state index contributed by atoms with van der Waals surface area (Å²) < 4.78 is 2.25. The van der Waals surface area contributed by atoms with Gasteiger partial charge in [-0.25, -0.2) is 4.98 Å². The third-order valence-corrected chi connectivity index (χ3v) is 8.16. The van der Waals surface area contributed by atoms with Crippen molar-refractivity contribution in [3.8, 4) is 0 Å². The molecule has 2 atom stereocenters. The van der Waals surface area contributed by atoms with E-state index < -0.39 is 0 Å². The number of rotatable bonds is 5. The van der Waals surface area contributed by atoms with Crippen LogP contribution in [0.3, 0.4) is 0 Å². The quantitative estimate of drug-likeness (QED) is 0.345. The molecule has 5 aromatic rings. The first kappa shape index (κ1) is 23.5. The average Bonchev–Trinajstić information content (AvgIpc) is 3.54. The Bertz CT molecular complexity index is 1720. The van der Waals surface area contributed by atoms with Gasteiger partial charge in [0.05, 0.1) is 34.0 Å². The predicted molar refractivity (Wildman–Crippen MR) is 152 cm³/mol. The standard InChI is InChI=1S/C31H30N6O2/c1-19(29-33-23-11-5-6-12-24(23)34-29)32-27(38)16-18-36-26-14-8-3-9-20(26)21-15-17-37-30(28(21)36)35(2)25-13-7-4-10-22(25)31(37)39/h3-14,19,30H,15-18H2,1-2H3,(H,32,38)(H,33,34). The van der Waals surface area contributed by atoms with Gasteiger partial charge < -0.3 is 24.7 Å². The summed E-state index contributed by atoms with van der Waals surface area (Å²) in [6.45, 7) is 3.13. The molecule has 0 fully saturated rings. The largest absolute Gasteiger partial charge is 0.349 e. The number of para-hydroxylation sites is 4. The number of aryl methyl sites for hydroxylation is 1. The van der Waals surface area contributed by atoms with Gasteiger partial charge >= 0.3 is 0 Å². The van der Waals surface area contributed by atoms with Crippen molar-refractivity contribution in [2.24, 2.45) is 0 Å². The minimum absolute atomic E-state index is 0.0411. The van der Waals surface area contributed by atoms with Crippen LogP contribution in [-0.4, -0.2) is 44.8 Å². The van der Waals surface area contributed by atoms with Crippen molar-refractivity contribution >= 4 is 39.4 Å². The summed E-state index contributed by atoms with van der Waals surface area (Å²) in [5.41, 5.74) is 6.98. The normalized spacial score (nSPS) is 17.2. The second-order valence-electron chi connectivity index (χ2n) is 10.5. The highest BCUT2D eigenvalue weighted by Crippen LogP contribution is 2.44. The fourth-order valence-corrected chi connectivity index (χ4v) is 6.32. The molecule has 8 nitrogen and oxygen atoms in total. The first-order valence-electron chi connectivity index (χ1n) is 13.5. The van der Waals surface area contributed by atoms with Gasteiger partial charge in [0, 0.05) is 37.5 Å². The maximum atomic E-state index is 13.5. The highest BCUT2D eigenvalue weighted by molar-refractivity contribution is 6.02. The zero-order valence-electron chi connectivity index (χ0n) is 22.0. The molecule has 8 heteroatoms. The Morgan fingerprint density at radius 1 is 1.08 bits per heavy atom. The van der Waals surface area contributed by atoms with Crippen LogP contribution in [0.25, 0.3) is 21.9 Å². The van der Waals surface area contributed by atoms with Gasteiger partial charge in [0.15, 0.2) is 0 Å². The number of carbonyl (C=O) groups is 2. The van der Waals surface area contributed by atoms with Crippen molar-refractivity contribution in [2.75, 3.05) is 18.5 Å². The number of imidazole rings is 1. The van der Waals surface area contributed by atoms with E-state index >= 15 is 0 Å². The number of H-pyrrole nitrogens is 1. The van der Waals surface area contributed by atoms with Crippen molar-refractivity contribution in [2.45, 2.75) is 38.5 Å². The van der Waals surface area contributed by atoms with E-state index in [1.54, 1.807) is 0 Å². The van der Waals surface area contributed by atoms with Crippen LogP contribution in [0.2, 0.25) is 0 Å². The number of nitrogens with one attached hydrogen (secondary N) is 2. The van der Waals surface area contributed by atoms with E-state index in [9.17, 15) is 9.59 Å². The molecular formula is C31H30N6O2. The number of anilines is 1. The molecule has 2 N–H and O–H groups in total. The van der Waals surface area contributed by atoms with Crippen LogP contribution >= 0.6 is 0 Å². The third kappa shape index (κ3) is 3.70. The minimum Gasteiger partial charge on any atom is -0.349 e. The molecule has 0 saturated heterocycles. The van der Waals surface area contributed by atoms with Gasteiger partial charge in [0.25, 0.3) is 5.91 Å². The maximum Gasteiger partial charge on any atom is 0.257 e. The summed E-state index contributed by atoms with van der Waals surface area (Å²) in [4.78, 5) is 38.8. The fourth-order valence-electron chi connectivity index (χ4n) is 6.32. The molecule has 0 bridgehead atoms. The molecule has 2 aromatic heterocycles. The summed E-state index contributed by atoms with van der Waals surface area (Å²) in [6.07, 6.45) is 0.883. The molecule has 0 saturated carbocycles. The molecule has 39 heavy (non-hydrogen) atoms. The maximum absolute atomic E-state index is 13.5. The lowest BCUT2D eigenvalue weighted by molar-refractivity contribution is -0.122. The van der Waals surface area contributed by atoms with Gasteiger partial charge in [0.2, 0.25) is 5.91 Å². The molecule has 0 aliphatic carbocycles. The number of amides is 2. The Kier molecular flexibility index (Phi) is 5.43. The Morgan fingerprint density at radius 3 is 2.72 bits per heavy atom. The van der Waals surface area contributed by atoms with Gasteiger partial charge in [-0.2, -0.15) is 0 Å². The van der Waals surface area contributed by atoms with E-state index in [-0.39, 0.29) is 24.0 Å². The van der Waals surface area contributed by atoms with E-state index in [1.165, 1.54) is 10.9 Å². The van der Waals surface area contributed by atoms with Gasteiger partial charge in [-0.05, 0) is 49.2 Å². The van der Waals surface area contributed by atoms with Crippen LogP contribution in [0, 0.1) is 0 Å². The first-order chi connectivity index (χ1) is 19.0. The van der Waals surface area contributed by atoms with E-state index in [0.717, 1.165) is 45.7 Å². The third-order valence-electron chi connectivity index (χ3n) is 8.16. The molecule has 0 spiro atoms. The molecule has 4 heterocycles. The van der Waals surface area contributed by atoms with Crippen molar-refractivity contribution in [1.29, 1.82) is 0 Å². The minimum atomic E-state index is -0.241. The smallest absolute Gasteiger partial charge is 0.257 e. The molecule has 2 amide bonds. The highest BCUT2D eigenvalue weighted by atomic mass is 16.2. The lowest BCUT2D eigenvalue weighted by atomic mass is 9.96. The molecular weight excluding hydrogens is 488 g/mol. The van der Waals surface area contributed by atoms with Gasteiger partial charge in [-0.1, -0.05) is 42.5 Å². The number of fused-ring (bicyclic) bond motifs is 7. The molecule has 2 unspecified atom stereocenters. The number of hydrogen-bond donors (Lipinski definition) is 2. The summed E-state index contributed by atoms with van der Waals surface area (Å²) >= 11 is 0. The number of aromatic amines is 1. The Morgan fingerprint density at radius 2 is 1.85 bits per heavy atom. The second-order valence-corrected chi connectivity index (χ2v) is 10.5. The Balaban J connectivity index is 1.20. The van der Waals surface area contributed by atoms with Crippen LogP contribution in [0.5, 0.6) is 0 Å². The Hall–Kier alpha value is -4.59. The van der Waals surface area contributed by atoms with Crippen molar-refractivity contribution < 1.29 is 9.59 Å². The van der Waals surface area contributed by atoms with Gasteiger partial charge in [-0.15, -0.1) is 0 Å². The van der Waals surface area contributed by atoms with Crippen LogP contribution in [0.4, 0.5) is 5.69 Å². The molecule has 7 rings (SSSR count). The van der Waals surface area contributed by atoms with Gasteiger partial charge in [0.1, 0.15) is 12.0 Å². The van der Waals surface area contributed by atoms with E-state index in [1.807, 2.05) is 66.4 Å². The number of benzene rings is 3. The molecule has 2 aliphatic rings. The van der Waals surface area contributed by atoms with Crippen LogP contribution in [0.1, 0.15) is 53.0 Å². The van der Waals surface area contributed by atoms with E-state index in [4.69, 9.17) is 0 Å². The Labute approximate surface area is 226 Å². The van der Waals surface area contributed by atoms with Crippen molar-refractivity contribution in [3.05, 3.63) is 95.4 Å². The molecule has 3 aromatic carbocycles. The molecule has 0 radical (unpaired) electrons.